The first kappa shape index (κ1) is 24.2. The smallest absolute Gasteiger partial charge is 0.292 e. The van der Waals surface area contributed by atoms with Crippen molar-refractivity contribution < 1.29 is 9.72 Å². The average Bonchev–Trinajstić information content (AvgIpc) is 2.84. The van der Waals surface area contributed by atoms with Gasteiger partial charge in [-0.15, -0.1) is 0 Å². The van der Waals surface area contributed by atoms with Crippen LogP contribution in [0.15, 0.2) is 82.7 Å². The summed E-state index contributed by atoms with van der Waals surface area (Å²) in [5.74, 6) is -0.280. The Morgan fingerprint density at radius 1 is 1.00 bits per heavy atom. The lowest BCUT2D eigenvalue weighted by atomic mass is 10.0. The van der Waals surface area contributed by atoms with Crippen LogP contribution >= 0.6 is 11.8 Å². The van der Waals surface area contributed by atoms with Gasteiger partial charge in [-0.3, -0.25) is 24.3 Å². The van der Waals surface area contributed by atoms with Gasteiger partial charge < -0.3 is 5.32 Å². The highest BCUT2D eigenvalue weighted by Gasteiger charge is 2.23. The van der Waals surface area contributed by atoms with Crippen molar-refractivity contribution >= 4 is 39.9 Å². The molecule has 0 radical (unpaired) electrons. The fourth-order valence-electron chi connectivity index (χ4n) is 3.77. The van der Waals surface area contributed by atoms with Crippen LogP contribution in [0.4, 0.5) is 11.4 Å². The first-order valence-electron chi connectivity index (χ1n) is 11.1. The zero-order chi connectivity index (χ0) is 25.1. The Bertz CT molecular complexity index is 1480. The lowest BCUT2D eigenvalue weighted by Crippen LogP contribution is -2.27. The van der Waals surface area contributed by atoms with Gasteiger partial charge in [0.25, 0.3) is 11.2 Å². The highest BCUT2D eigenvalue weighted by molar-refractivity contribution is 8.00. The number of carbonyl (C=O) groups is 1. The number of carbonyl (C=O) groups excluding carboxylic acids is 1. The number of nitro groups is 1. The Morgan fingerprint density at radius 3 is 2.40 bits per heavy atom. The van der Waals surface area contributed by atoms with E-state index < -0.39 is 16.1 Å². The van der Waals surface area contributed by atoms with Crippen LogP contribution in [-0.2, 0) is 4.79 Å². The summed E-state index contributed by atoms with van der Waals surface area (Å²) in [4.78, 5) is 42.1. The molecule has 0 bridgehead atoms. The third-order valence-corrected chi connectivity index (χ3v) is 6.61. The molecule has 1 atom stereocenters. The standard InChI is InChI=1S/C26H24N4O4S/c1-16(2)18-10-5-8-14-22(18)29-25(32)19-11-4-6-12-20(19)28-26(29)35-17(3)24(31)27-21-13-7-9-15-23(21)30(33)34/h4-17H,1-3H3,(H,27,31). The summed E-state index contributed by atoms with van der Waals surface area (Å²) in [6.45, 7) is 5.77. The molecule has 0 spiro atoms. The Hall–Kier alpha value is -3.98. The van der Waals surface area contributed by atoms with Crippen molar-refractivity contribution in [2.24, 2.45) is 0 Å². The van der Waals surface area contributed by atoms with Gasteiger partial charge in [0.2, 0.25) is 5.91 Å². The van der Waals surface area contributed by atoms with E-state index in [1.165, 1.54) is 18.2 Å². The summed E-state index contributed by atoms with van der Waals surface area (Å²) in [5, 5.41) is 14.1. The van der Waals surface area contributed by atoms with Crippen molar-refractivity contribution in [1.82, 2.24) is 9.55 Å². The SMILES string of the molecule is CC(Sc1nc2ccccc2c(=O)n1-c1ccccc1C(C)C)C(=O)Nc1ccccc1[N+](=O)[O-]. The molecule has 0 aliphatic rings. The molecule has 178 valence electrons. The van der Waals surface area contributed by atoms with Crippen LogP contribution in [0.25, 0.3) is 16.6 Å². The molecule has 1 amide bonds. The number of benzene rings is 3. The molecule has 35 heavy (non-hydrogen) atoms. The van der Waals surface area contributed by atoms with Crippen LogP contribution in [0.1, 0.15) is 32.3 Å². The number of aromatic nitrogens is 2. The van der Waals surface area contributed by atoms with E-state index in [-0.39, 0.29) is 22.9 Å². The van der Waals surface area contributed by atoms with E-state index in [0.29, 0.717) is 21.7 Å². The van der Waals surface area contributed by atoms with Crippen LogP contribution in [0.3, 0.4) is 0 Å². The van der Waals surface area contributed by atoms with E-state index in [2.05, 4.69) is 5.32 Å². The Kier molecular flexibility index (Phi) is 6.97. The number of amides is 1. The molecule has 1 aromatic heterocycles. The zero-order valence-corrected chi connectivity index (χ0v) is 20.3. The Labute approximate surface area is 206 Å². The molecule has 0 fully saturated rings. The number of nitrogens with one attached hydrogen (secondary N) is 1. The van der Waals surface area contributed by atoms with Crippen LogP contribution < -0.4 is 10.9 Å². The Morgan fingerprint density at radius 2 is 1.66 bits per heavy atom. The quantitative estimate of drug-likeness (QED) is 0.158. The van der Waals surface area contributed by atoms with E-state index >= 15 is 0 Å². The third kappa shape index (κ3) is 4.95. The zero-order valence-electron chi connectivity index (χ0n) is 19.5. The highest BCUT2D eigenvalue weighted by Crippen LogP contribution is 2.30. The summed E-state index contributed by atoms with van der Waals surface area (Å²) in [5.41, 5.74) is 1.92. The number of fused-ring (bicyclic) bond motifs is 1. The van der Waals surface area contributed by atoms with Gasteiger partial charge in [0.15, 0.2) is 5.16 Å². The van der Waals surface area contributed by atoms with Gasteiger partial charge in [-0.2, -0.15) is 0 Å². The molecule has 4 aromatic rings. The fraction of sp³-hybridized carbons (Fsp3) is 0.192. The van der Waals surface area contributed by atoms with Gasteiger partial charge in [0.1, 0.15) is 5.69 Å². The second kappa shape index (κ2) is 10.1. The summed E-state index contributed by atoms with van der Waals surface area (Å²) >= 11 is 1.13. The molecule has 8 nitrogen and oxygen atoms in total. The lowest BCUT2D eigenvalue weighted by molar-refractivity contribution is -0.383. The largest absolute Gasteiger partial charge is 0.319 e. The van der Waals surface area contributed by atoms with E-state index in [4.69, 9.17) is 4.98 Å². The van der Waals surface area contributed by atoms with Gasteiger partial charge in [-0.25, -0.2) is 4.98 Å². The second-order valence-electron chi connectivity index (χ2n) is 8.29. The number of rotatable bonds is 7. The lowest BCUT2D eigenvalue weighted by Gasteiger charge is -2.19. The number of nitrogens with zero attached hydrogens (tertiary/aromatic N) is 3. The molecular formula is C26H24N4O4S. The minimum absolute atomic E-state index is 0.115. The second-order valence-corrected chi connectivity index (χ2v) is 9.60. The number of para-hydroxylation sites is 4. The number of nitro benzene ring substituents is 1. The summed E-state index contributed by atoms with van der Waals surface area (Å²) < 4.78 is 1.55. The van der Waals surface area contributed by atoms with Crippen LogP contribution in [0.5, 0.6) is 0 Å². The normalized spacial score (nSPS) is 12.0. The minimum atomic E-state index is -0.694. The third-order valence-electron chi connectivity index (χ3n) is 5.55. The van der Waals surface area contributed by atoms with Crippen LogP contribution in [0.2, 0.25) is 0 Å². The number of anilines is 1. The van der Waals surface area contributed by atoms with Gasteiger partial charge >= 0.3 is 0 Å². The molecular weight excluding hydrogens is 464 g/mol. The highest BCUT2D eigenvalue weighted by atomic mass is 32.2. The maximum absolute atomic E-state index is 13.6. The fourth-order valence-corrected chi connectivity index (χ4v) is 4.69. The van der Waals surface area contributed by atoms with Crippen LogP contribution in [-0.4, -0.2) is 25.6 Å². The predicted molar refractivity (Wildman–Crippen MR) is 138 cm³/mol. The molecule has 0 saturated heterocycles. The molecule has 0 saturated carbocycles. The predicted octanol–water partition coefficient (Wildman–Crippen LogP) is 5.54. The van der Waals surface area contributed by atoms with Gasteiger partial charge in [-0.05, 0) is 42.7 Å². The number of thioether (sulfide) groups is 1. The minimum Gasteiger partial charge on any atom is -0.319 e. The molecule has 4 rings (SSSR count). The number of hydrogen-bond donors (Lipinski definition) is 1. The molecule has 1 N–H and O–H groups in total. The van der Waals surface area contributed by atoms with Crippen molar-refractivity contribution in [1.29, 1.82) is 0 Å². The van der Waals surface area contributed by atoms with Crippen molar-refractivity contribution in [3.05, 3.63) is 98.8 Å². The van der Waals surface area contributed by atoms with Crippen molar-refractivity contribution in [2.75, 3.05) is 5.32 Å². The topological polar surface area (TPSA) is 107 Å². The molecule has 3 aromatic carbocycles. The maximum Gasteiger partial charge on any atom is 0.292 e. The van der Waals surface area contributed by atoms with Gasteiger partial charge in [0, 0.05) is 6.07 Å². The average molecular weight is 489 g/mol. The molecule has 0 aliphatic carbocycles. The Balaban J connectivity index is 1.77. The summed E-state index contributed by atoms with van der Waals surface area (Å²) in [6.07, 6.45) is 0. The number of hydrogen-bond acceptors (Lipinski definition) is 6. The molecule has 9 heteroatoms. The first-order valence-corrected chi connectivity index (χ1v) is 12.0. The van der Waals surface area contributed by atoms with Crippen molar-refractivity contribution in [2.45, 2.75) is 37.1 Å². The van der Waals surface area contributed by atoms with Crippen molar-refractivity contribution in [3.8, 4) is 5.69 Å². The van der Waals surface area contributed by atoms with Crippen molar-refractivity contribution in [3.63, 3.8) is 0 Å². The molecule has 1 heterocycles. The molecule has 0 aliphatic heterocycles. The first-order chi connectivity index (χ1) is 16.8. The van der Waals surface area contributed by atoms with Gasteiger partial charge in [-0.1, -0.05) is 68.1 Å². The maximum atomic E-state index is 13.6. The van der Waals surface area contributed by atoms with Gasteiger partial charge in [0.05, 0.1) is 26.8 Å². The monoisotopic (exact) mass is 488 g/mol. The molecule has 1 unspecified atom stereocenters. The van der Waals surface area contributed by atoms with E-state index in [1.54, 1.807) is 41.8 Å². The summed E-state index contributed by atoms with van der Waals surface area (Å²) in [6, 6.07) is 20.7. The van der Waals surface area contributed by atoms with E-state index in [0.717, 1.165) is 17.3 Å². The summed E-state index contributed by atoms with van der Waals surface area (Å²) in [7, 11) is 0. The van der Waals surface area contributed by atoms with Crippen LogP contribution in [0, 0.1) is 10.1 Å². The van der Waals surface area contributed by atoms with E-state index in [9.17, 15) is 19.7 Å². The van der Waals surface area contributed by atoms with E-state index in [1.807, 2.05) is 38.1 Å².